The highest BCUT2D eigenvalue weighted by Gasteiger charge is 2.19. The molecule has 0 aliphatic rings. The summed E-state index contributed by atoms with van der Waals surface area (Å²) in [6.45, 7) is 0. The molecule has 1 amide bonds. The summed E-state index contributed by atoms with van der Waals surface area (Å²) in [5, 5.41) is 8.63. The maximum Gasteiger partial charge on any atom is 0.261 e. The van der Waals surface area contributed by atoms with Crippen LogP contribution >= 0.6 is 51.3 Å². The van der Waals surface area contributed by atoms with Gasteiger partial charge in [0, 0.05) is 10.7 Å². The molecule has 0 aliphatic heterocycles. The Morgan fingerprint density at radius 3 is 2.69 bits per heavy atom. The minimum atomic E-state index is -0.416. The highest BCUT2D eigenvalue weighted by atomic mass is 79.9. The Labute approximate surface area is 229 Å². The first-order valence-electron chi connectivity index (χ1n) is 10.6. The van der Waals surface area contributed by atoms with Gasteiger partial charge in [-0.1, -0.05) is 47.5 Å². The van der Waals surface area contributed by atoms with Crippen LogP contribution in [0.3, 0.4) is 0 Å². The average molecular weight is 601 g/mol. The molecule has 2 N–H and O–H groups in total. The van der Waals surface area contributed by atoms with Crippen molar-refractivity contribution in [2.24, 2.45) is 0 Å². The zero-order valence-corrected chi connectivity index (χ0v) is 22.5. The summed E-state index contributed by atoms with van der Waals surface area (Å²) in [5.74, 6) is 0.335. The molecular weight excluding hydrogens is 585 g/mol. The van der Waals surface area contributed by atoms with Gasteiger partial charge in [0.25, 0.3) is 5.91 Å². The predicted molar refractivity (Wildman–Crippen MR) is 151 cm³/mol. The first-order chi connectivity index (χ1) is 17.3. The lowest BCUT2D eigenvalue weighted by molar-refractivity contribution is 0.0975. The molecule has 0 spiro atoms. The lowest BCUT2D eigenvalue weighted by Crippen LogP contribution is -2.34. The molecule has 5 aromatic rings. The van der Waals surface area contributed by atoms with E-state index in [1.165, 1.54) is 7.11 Å². The van der Waals surface area contributed by atoms with Crippen LogP contribution in [0.25, 0.3) is 33.3 Å². The Hall–Kier alpha value is -3.17. The number of carbonyl (C=O) groups is 1. The zero-order chi connectivity index (χ0) is 25.4. The second kappa shape index (κ2) is 10.1. The number of methoxy groups -OCH3 is 1. The number of hydrogen-bond acceptors (Lipinski definition) is 5. The Bertz CT molecular complexity index is 1670. The Kier molecular flexibility index (Phi) is 6.85. The van der Waals surface area contributed by atoms with Gasteiger partial charge in [0.15, 0.2) is 10.7 Å². The van der Waals surface area contributed by atoms with Gasteiger partial charge in [-0.15, -0.1) is 0 Å². The van der Waals surface area contributed by atoms with E-state index in [0.29, 0.717) is 54.1 Å². The van der Waals surface area contributed by atoms with Crippen LogP contribution in [0.1, 0.15) is 10.4 Å². The van der Waals surface area contributed by atoms with Gasteiger partial charge in [-0.05, 0) is 81.4 Å². The average Bonchev–Trinajstić information content (AvgIpc) is 3.28. The first kappa shape index (κ1) is 24.5. The van der Waals surface area contributed by atoms with E-state index < -0.39 is 5.91 Å². The topological polar surface area (TPSA) is 76.4 Å². The number of amides is 1. The molecule has 0 unspecified atom stereocenters. The molecule has 0 saturated heterocycles. The highest BCUT2D eigenvalue weighted by Crippen LogP contribution is 2.37. The molecule has 0 saturated carbocycles. The van der Waals surface area contributed by atoms with Crippen molar-refractivity contribution in [1.29, 1.82) is 0 Å². The van der Waals surface area contributed by atoms with E-state index >= 15 is 0 Å². The van der Waals surface area contributed by atoms with E-state index in [1.54, 1.807) is 42.5 Å². The fourth-order valence-corrected chi connectivity index (χ4v) is 5.08. The number of rotatable bonds is 4. The third kappa shape index (κ3) is 4.77. The van der Waals surface area contributed by atoms with Crippen molar-refractivity contribution in [2.75, 3.05) is 12.4 Å². The molecule has 36 heavy (non-hydrogen) atoms. The molecule has 10 heteroatoms. The van der Waals surface area contributed by atoms with Gasteiger partial charge in [-0.3, -0.25) is 10.1 Å². The van der Waals surface area contributed by atoms with E-state index in [4.69, 9.17) is 44.6 Å². The molecule has 6 nitrogen and oxygen atoms in total. The van der Waals surface area contributed by atoms with E-state index in [-0.39, 0.29) is 5.11 Å². The number of nitrogens with one attached hydrogen (secondary N) is 2. The van der Waals surface area contributed by atoms with Crippen molar-refractivity contribution in [3.05, 3.63) is 86.8 Å². The van der Waals surface area contributed by atoms with Crippen LogP contribution in [0.4, 0.5) is 5.69 Å². The maximum absolute atomic E-state index is 13.1. The summed E-state index contributed by atoms with van der Waals surface area (Å²) < 4.78 is 12.0. The molecule has 0 bridgehead atoms. The van der Waals surface area contributed by atoms with E-state index in [9.17, 15) is 4.79 Å². The quantitative estimate of drug-likeness (QED) is 0.205. The van der Waals surface area contributed by atoms with Crippen LogP contribution in [0.15, 0.2) is 75.6 Å². The summed E-state index contributed by atoms with van der Waals surface area (Å²) in [6.07, 6.45) is 0. The summed E-state index contributed by atoms with van der Waals surface area (Å²) in [4.78, 5) is 17.6. The number of anilines is 1. The molecule has 0 aliphatic carbocycles. The molecule has 4 aromatic carbocycles. The standard InChI is InChI=1S/C26H16BrCl2N3O3S/c1-34-23-18(10-13-4-2-3-5-16(13)22(23)27)24(33)32-26(36)30-15-7-8-19(29)17(12-15)25-31-20-11-14(28)6-9-21(20)35-25/h2-12H,1H3,(H2,30,32,33,36). The van der Waals surface area contributed by atoms with Gasteiger partial charge in [-0.2, -0.15) is 0 Å². The Morgan fingerprint density at radius 1 is 1.08 bits per heavy atom. The Morgan fingerprint density at radius 2 is 1.89 bits per heavy atom. The maximum atomic E-state index is 13.1. The fraction of sp³-hybridized carbons (Fsp3) is 0.0385. The van der Waals surface area contributed by atoms with Gasteiger partial charge in [0.05, 0.1) is 27.7 Å². The van der Waals surface area contributed by atoms with Crippen LogP contribution in [0, 0.1) is 0 Å². The fourth-order valence-electron chi connectivity index (χ4n) is 3.77. The molecule has 5 rings (SSSR count). The number of aromatic nitrogens is 1. The molecule has 0 radical (unpaired) electrons. The van der Waals surface area contributed by atoms with E-state index in [2.05, 4.69) is 31.5 Å². The molecule has 180 valence electrons. The highest BCUT2D eigenvalue weighted by molar-refractivity contribution is 9.10. The van der Waals surface area contributed by atoms with Crippen LogP contribution in [0.2, 0.25) is 10.0 Å². The number of oxazole rings is 1. The minimum absolute atomic E-state index is 0.101. The number of carbonyl (C=O) groups excluding carboxylic acids is 1. The third-order valence-corrected chi connectivity index (χ3v) is 6.98. The van der Waals surface area contributed by atoms with Crippen LogP contribution in [-0.2, 0) is 0 Å². The van der Waals surface area contributed by atoms with Gasteiger partial charge in [-0.25, -0.2) is 4.98 Å². The van der Waals surface area contributed by atoms with Crippen molar-refractivity contribution in [1.82, 2.24) is 10.3 Å². The SMILES string of the molecule is COc1c(C(=O)NC(=S)Nc2ccc(Cl)c(-c3nc4cc(Cl)ccc4o3)c2)cc2ccccc2c1Br. The summed E-state index contributed by atoms with van der Waals surface area (Å²) in [6, 6.07) is 19.8. The molecular formula is C26H16BrCl2N3O3S. The van der Waals surface area contributed by atoms with Crippen molar-refractivity contribution in [2.45, 2.75) is 0 Å². The van der Waals surface area contributed by atoms with Crippen molar-refractivity contribution >= 4 is 89.9 Å². The van der Waals surface area contributed by atoms with Crippen LogP contribution in [0.5, 0.6) is 5.75 Å². The summed E-state index contributed by atoms with van der Waals surface area (Å²) in [5.41, 5.74) is 2.69. The number of ether oxygens (including phenoxy) is 1. The largest absolute Gasteiger partial charge is 0.495 e. The van der Waals surface area contributed by atoms with Gasteiger partial charge >= 0.3 is 0 Å². The van der Waals surface area contributed by atoms with E-state index in [1.807, 2.05) is 24.3 Å². The minimum Gasteiger partial charge on any atom is -0.495 e. The number of thiocarbonyl (C=S) groups is 1. The number of fused-ring (bicyclic) bond motifs is 2. The van der Waals surface area contributed by atoms with Crippen molar-refractivity contribution in [3.63, 3.8) is 0 Å². The number of halogens is 3. The smallest absolute Gasteiger partial charge is 0.261 e. The van der Waals surface area contributed by atoms with Gasteiger partial charge in [0.1, 0.15) is 11.3 Å². The van der Waals surface area contributed by atoms with Gasteiger partial charge in [0.2, 0.25) is 5.89 Å². The molecule has 1 aromatic heterocycles. The van der Waals surface area contributed by atoms with Gasteiger partial charge < -0.3 is 14.5 Å². The first-order valence-corrected chi connectivity index (χ1v) is 12.5. The summed E-state index contributed by atoms with van der Waals surface area (Å²) in [7, 11) is 1.51. The number of nitrogens with zero attached hydrogens (tertiary/aromatic N) is 1. The van der Waals surface area contributed by atoms with Crippen molar-refractivity contribution in [3.8, 4) is 17.2 Å². The number of hydrogen-bond donors (Lipinski definition) is 2. The lowest BCUT2D eigenvalue weighted by atomic mass is 10.1. The van der Waals surface area contributed by atoms with Crippen LogP contribution in [-0.4, -0.2) is 23.1 Å². The predicted octanol–water partition coefficient (Wildman–Crippen LogP) is 7.85. The second-order valence-electron chi connectivity index (χ2n) is 7.73. The Balaban J connectivity index is 1.38. The molecule has 0 atom stereocenters. The number of benzene rings is 4. The second-order valence-corrected chi connectivity index (χ2v) is 9.77. The normalized spacial score (nSPS) is 11.0. The van der Waals surface area contributed by atoms with Crippen LogP contribution < -0.4 is 15.4 Å². The summed E-state index contributed by atoms with van der Waals surface area (Å²) >= 11 is 21.4. The third-order valence-electron chi connectivity index (χ3n) is 5.42. The van der Waals surface area contributed by atoms with Crippen molar-refractivity contribution < 1.29 is 13.9 Å². The lowest BCUT2D eigenvalue weighted by Gasteiger charge is -2.15. The van der Waals surface area contributed by atoms with E-state index in [0.717, 1.165) is 10.8 Å². The molecule has 1 heterocycles. The monoisotopic (exact) mass is 599 g/mol. The zero-order valence-electron chi connectivity index (χ0n) is 18.6. The molecule has 0 fully saturated rings.